The van der Waals surface area contributed by atoms with Gasteiger partial charge in [0.2, 0.25) is 5.69 Å². The Morgan fingerprint density at radius 3 is 2.55 bits per heavy atom. The average Bonchev–Trinajstić information content (AvgIpc) is 2.52. The Labute approximate surface area is 134 Å². The highest BCUT2D eigenvalue weighted by atomic mass is 15.0. The first-order valence-corrected chi connectivity index (χ1v) is 8.27. The molecule has 1 aliphatic rings. The molecule has 0 saturated carbocycles. The molecule has 0 spiro atoms. The first-order chi connectivity index (χ1) is 10.5. The molecule has 2 atom stereocenters. The number of hydrogen-bond donors (Lipinski definition) is 0. The van der Waals surface area contributed by atoms with Gasteiger partial charge in [-0.25, -0.2) is 0 Å². The molecule has 2 unspecified atom stereocenters. The molecule has 0 radical (unpaired) electrons. The van der Waals surface area contributed by atoms with Gasteiger partial charge in [-0.1, -0.05) is 51.1 Å². The number of fused-ring (bicyclic) bond motifs is 3. The van der Waals surface area contributed by atoms with E-state index in [9.17, 15) is 0 Å². The van der Waals surface area contributed by atoms with E-state index in [4.69, 9.17) is 0 Å². The van der Waals surface area contributed by atoms with Crippen LogP contribution >= 0.6 is 0 Å². The largest absolute Gasteiger partial charge is 0.220 e. The minimum Gasteiger partial charge on any atom is -0.195 e. The number of aromatic nitrogens is 1. The standard InChI is InChI=1S/C21H26N/c1-7-19-15(5)14(4)16(6)22-11-10-17-8-9-18(13(2)3)12-20(17)21(19)22/h7-14,16H,1H2,2-6H3/q+1. The van der Waals surface area contributed by atoms with Crippen LogP contribution in [-0.2, 0) is 0 Å². The molecule has 22 heavy (non-hydrogen) atoms. The van der Waals surface area contributed by atoms with Crippen molar-refractivity contribution in [3.8, 4) is 0 Å². The normalized spacial score (nSPS) is 21.4. The Balaban J connectivity index is 2.41. The maximum Gasteiger partial charge on any atom is 0.220 e. The third-order valence-electron chi connectivity index (χ3n) is 5.40. The van der Waals surface area contributed by atoms with Gasteiger partial charge in [-0.3, -0.25) is 0 Å². The summed E-state index contributed by atoms with van der Waals surface area (Å²) in [4.78, 5) is 0. The fraction of sp³-hybridized carbons (Fsp3) is 0.381. The highest BCUT2D eigenvalue weighted by Gasteiger charge is 2.34. The van der Waals surface area contributed by atoms with Crippen LogP contribution in [0.15, 0.2) is 48.7 Å². The predicted molar refractivity (Wildman–Crippen MR) is 94.9 cm³/mol. The smallest absolute Gasteiger partial charge is 0.195 e. The lowest BCUT2D eigenvalue weighted by Crippen LogP contribution is -2.47. The van der Waals surface area contributed by atoms with Crippen molar-refractivity contribution in [2.24, 2.45) is 5.92 Å². The molecule has 3 rings (SSSR count). The molecular weight excluding hydrogens is 266 g/mol. The molecule has 0 amide bonds. The van der Waals surface area contributed by atoms with Crippen LogP contribution in [-0.4, -0.2) is 0 Å². The summed E-state index contributed by atoms with van der Waals surface area (Å²) < 4.78 is 2.43. The van der Waals surface area contributed by atoms with E-state index in [0.29, 0.717) is 17.9 Å². The molecule has 0 saturated heterocycles. The molecular formula is C21H26N+. The van der Waals surface area contributed by atoms with Crippen LogP contribution in [0.3, 0.4) is 0 Å². The molecule has 2 aromatic rings. The third-order valence-corrected chi connectivity index (χ3v) is 5.40. The van der Waals surface area contributed by atoms with Crippen LogP contribution in [0.2, 0.25) is 0 Å². The number of nitrogens with zero attached hydrogens (tertiary/aromatic N) is 1. The molecule has 1 heteroatoms. The fourth-order valence-corrected chi connectivity index (χ4v) is 3.57. The van der Waals surface area contributed by atoms with Crippen molar-refractivity contribution < 1.29 is 4.57 Å². The van der Waals surface area contributed by atoms with Gasteiger partial charge in [0, 0.05) is 17.6 Å². The number of hydrogen-bond acceptors (Lipinski definition) is 0. The molecule has 0 fully saturated rings. The summed E-state index contributed by atoms with van der Waals surface area (Å²) in [5, 5.41) is 2.66. The monoisotopic (exact) mass is 292 g/mol. The fourth-order valence-electron chi connectivity index (χ4n) is 3.57. The van der Waals surface area contributed by atoms with Crippen LogP contribution in [0.4, 0.5) is 0 Å². The van der Waals surface area contributed by atoms with E-state index in [0.717, 1.165) is 0 Å². The Morgan fingerprint density at radius 1 is 1.18 bits per heavy atom. The lowest BCUT2D eigenvalue weighted by Gasteiger charge is -2.26. The second kappa shape index (κ2) is 5.39. The van der Waals surface area contributed by atoms with Gasteiger partial charge in [0.15, 0.2) is 12.2 Å². The van der Waals surface area contributed by atoms with Crippen LogP contribution in [0.5, 0.6) is 0 Å². The highest BCUT2D eigenvalue weighted by Crippen LogP contribution is 2.36. The Kier molecular flexibility index (Phi) is 3.68. The Bertz CT molecular complexity index is 780. The third kappa shape index (κ3) is 2.11. The zero-order chi connectivity index (χ0) is 16.0. The summed E-state index contributed by atoms with van der Waals surface area (Å²) in [5.41, 5.74) is 5.48. The lowest BCUT2D eigenvalue weighted by atomic mass is 9.84. The summed E-state index contributed by atoms with van der Waals surface area (Å²) in [6.45, 7) is 15.5. The first-order valence-electron chi connectivity index (χ1n) is 8.27. The van der Waals surface area contributed by atoms with Crippen molar-refractivity contribution in [2.45, 2.75) is 46.6 Å². The lowest BCUT2D eigenvalue weighted by molar-refractivity contribution is -0.727. The molecule has 1 aliphatic heterocycles. The maximum atomic E-state index is 4.09. The van der Waals surface area contributed by atoms with E-state index in [2.05, 4.69) is 76.2 Å². The molecule has 1 nitrogen and oxygen atoms in total. The minimum atomic E-state index is 0.478. The summed E-state index contributed by atoms with van der Waals surface area (Å²) in [6, 6.07) is 9.59. The van der Waals surface area contributed by atoms with Gasteiger partial charge < -0.3 is 0 Å². The zero-order valence-corrected chi connectivity index (χ0v) is 14.4. The van der Waals surface area contributed by atoms with Gasteiger partial charge in [0.1, 0.15) is 0 Å². The number of benzene rings is 1. The summed E-state index contributed by atoms with van der Waals surface area (Å²) >= 11 is 0. The van der Waals surface area contributed by atoms with Crippen molar-refractivity contribution in [3.63, 3.8) is 0 Å². The van der Waals surface area contributed by atoms with Gasteiger partial charge in [-0.15, -0.1) is 0 Å². The summed E-state index contributed by atoms with van der Waals surface area (Å²) in [7, 11) is 0. The van der Waals surface area contributed by atoms with Gasteiger partial charge in [0.25, 0.3) is 0 Å². The highest BCUT2D eigenvalue weighted by molar-refractivity contribution is 5.94. The maximum absolute atomic E-state index is 4.09. The molecule has 2 heterocycles. The second-order valence-electron chi connectivity index (χ2n) is 6.90. The number of allylic oxidation sites excluding steroid dienone is 3. The molecule has 114 valence electrons. The van der Waals surface area contributed by atoms with E-state index >= 15 is 0 Å². The van der Waals surface area contributed by atoms with Gasteiger partial charge in [-0.2, -0.15) is 4.57 Å². The summed E-state index contributed by atoms with van der Waals surface area (Å²) in [6.07, 6.45) is 4.27. The van der Waals surface area contributed by atoms with Gasteiger partial charge in [-0.05, 0) is 36.8 Å². The topological polar surface area (TPSA) is 3.88 Å². The molecule has 0 N–H and O–H groups in total. The Hall–Kier alpha value is -1.89. The van der Waals surface area contributed by atoms with Crippen molar-refractivity contribution in [1.82, 2.24) is 0 Å². The van der Waals surface area contributed by atoms with Crippen molar-refractivity contribution in [2.75, 3.05) is 0 Å². The SMILES string of the molecule is C=CC1=C(C)C(C)C(C)[n+]2ccc3ccc(C(C)C)cc3c21. The van der Waals surface area contributed by atoms with E-state index in [1.807, 2.05) is 6.08 Å². The predicted octanol–water partition coefficient (Wildman–Crippen LogP) is 5.42. The minimum absolute atomic E-state index is 0.478. The number of rotatable bonds is 2. The number of pyridine rings is 1. The van der Waals surface area contributed by atoms with Crippen molar-refractivity contribution in [1.29, 1.82) is 0 Å². The van der Waals surface area contributed by atoms with Gasteiger partial charge >= 0.3 is 0 Å². The van der Waals surface area contributed by atoms with E-state index in [1.54, 1.807) is 0 Å². The van der Waals surface area contributed by atoms with Crippen LogP contribution < -0.4 is 4.57 Å². The molecule has 1 aromatic carbocycles. The van der Waals surface area contributed by atoms with Crippen LogP contribution in [0.25, 0.3) is 16.3 Å². The first kappa shape index (κ1) is 15.0. The van der Waals surface area contributed by atoms with Crippen LogP contribution in [0, 0.1) is 5.92 Å². The zero-order valence-electron chi connectivity index (χ0n) is 14.4. The molecule has 0 aliphatic carbocycles. The quantitative estimate of drug-likeness (QED) is 0.651. The Morgan fingerprint density at radius 2 is 1.91 bits per heavy atom. The average molecular weight is 292 g/mol. The van der Waals surface area contributed by atoms with Crippen LogP contribution in [0.1, 0.15) is 57.8 Å². The van der Waals surface area contributed by atoms with Crippen molar-refractivity contribution in [3.05, 3.63) is 59.9 Å². The summed E-state index contributed by atoms with van der Waals surface area (Å²) in [5.74, 6) is 1.08. The van der Waals surface area contributed by atoms with Gasteiger partial charge in [0.05, 0.1) is 5.39 Å². The molecule has 1 aromatic heterocycles. The van der Waals surface area contributed by atoms with E-state index in [-0.39, 0.29) is 0 Å². The van der Waals surface area contributed by atoms with E-state index in [1.165, 1.54) is 33.2 Å². The molecule has 0 bridgehead atoms. The van der Waals surface area contributed by atoms with Crippen molar-refractivity contribution >= 4 is 16.3 Å². The van der Waals surface area contributed by atoms with E-state index < -0.39 is 0 Å². The second-order valence-corrected chi connectivity index (χ2v) is 6.90.